The Balaban J connectivity index is 2.02. The van der Waals surface area contributed by atoms with E-state index in [1.165, 1.54) is 0 Å². The first-order chi connectivity index (χ1) is 10.3. The van der Waals surface area contributed by atoms with Crippen LogP contribution in [0.4, 0.5) is 0 Å². The third-order valence-corrected chi connectivity index (χ3v) is 4.14. The molecule has 2 heterocycles. The van der Waals surface area contributed by atoms with Crippen LogP contribution in [0, 0.1) is 0 Å². The molecule has 0 spiro atoms. The Morgan fingerprint density at radius 2 is 1.91 bits per heavy atom. The molecule has 2 rings (SSSR count). The molecule has 0 saturated carbocycles. The molecular formula is C15H23BN2O4. The molecule has 6 nitrogen and oxygen atoms in total. The Labute approximate surface area is 131 Å². The van der Waals surface area contributed by atoms with Gasteiger partial charge in [-0.3, -0.25) is 9.78 Å². The van der Waals surface area contributed by atoms with Gasteiger partial charge in [0.2, 0.25) is 0 Å². The number of carbonyl (C=O) groups excluding carboxylic acids is 1. The van der Waals surface area contributed by atoms with Gasteiger partial charge in [-0.25, -0.2) is 0 Å². The van der Waals surface area contributed by atoms with Gasteiger partial charge in [0.15, 0.2) is 0 Å². The number of aromatic nitrogens is 1. The standard InChI is InChI=1S/C15H23BN2O4/c1-14(2)15(3,4)22-16(21-14)11-6-7-12(18-10-11)13(19)17-8-9-20-5/h6-7,10H,8-9H2,1-5H3,(H,17,19). The van der Waals surface area contributed by atoms with Gasteiger partial charge in [-0.15, -0.1) is 0 Å². The van der Waals surface area contributed by atoms with E-state index in [0.717, 1.165) is 5.46 Å². The van der Waals surface area contributed by atoms with Crippen molar-refractivity contribution >= 4 is 18.5 Å². The quantitative estimate of drug-likeness (QED) is 0.642. The third kappa shape index (κ3) is 3.48. The molecular weight excluding hydrogens is 283 g/mol. The van der Waals surface area contributed by atoms with Crippen molar-refractivity contribution in [1.82, 2.24) is 10.3 Å². The average molecular weight is 306 g/mol. The van der Waals surface area contributed by atoms with E-state index in [4.69, 9.17) is 14.0 Å². The van der Waals surface area contributed by atoms with Crippen LogP contribution in [0.25, 0.3) is 0 Å². The monoisotopic (exact) mass is 306 g/mol. The average Bonchev–Trinajstić information content (AvgIpc) is 2.68. The first-order valence-corrected chi connectivity index (χ1v) is 7.35. The fraction of sp³-hybridized carbons (Fsp3) is 0.600. The van der Waals surface area contributed by atoms with E-state index in [9.17, 15) is 4.79 Å². The number of rotatable bonds is 5. The maximum Gasteiger partial charge on any atom is 0.496 e. The largest absolute Gasteiger partial charge is 0.496 e. The minimum Gasteiger partial charge on any atom is -0.399 e. The fourth-order valence-electron chi connectivity index (χ4n) is 2.02. The Hall–Kier alpha value is -1.44. The lowest BCUT2D eigenvalue weighted by Gasteiger charge is -2.32. The summed E-state index contributed by atoms with van der Waals surface area (Å²) in [6.07, 6.45) is 1.62. The summed E-state index contributed by atoms with van der Waals surface area (Å²) in [5, 5.41) is 2.73. The zero-order chi connectivity index (χ0) is 16.4. The lowest BCUT2D eigenvalue weighted by Crippen LogP contribution is -2.41. The molecule has 0 unspecified atom stereocenters. The SMILES string of the molecule is COCCNC(=O)c1ccc(B2OC(C)(C)C(C)(C)O2)cn1. The van der Waals surface area contributed by atoms with E-state index in [1.54, 1.807) is 25.4 Å². The van der Waals surface area contributed by atoms with E-state index in [-0.39, 0.29) is 5.91 Å². The van der Waals surface area contributed by atoms with E-state index < -0.39 is 18.3 Å². The Kier molecular flexibility index (Phi) is 4.89. The summed E-state index contributed by atoms with van der Waals surface area (Å²) in [4.78, 5) is 16.1. The number of methoxy groups -OCH3 is 1. The number of hydrogen-bond donors (Lipinski definition) is 1. The molecule has 0 atom stereocenters. The van der Waals surface area contributed by atoms with Crippen molar-refractivity contribution in [3.63, 3.8) is 0 Å². The summed E-state index contributed by atoms with van der Waals surface area (Å²) in [5.41, 5.74) is 0.366. The van der Waals surface area contributed by atoms with Crippen LogP contribution in [0.3, 0.4) is 0 Å². The van der Waals surface area contributed by atoms with Gasteiger partial charge < -0.3 is 19.4 Å². The van der Waals surface area contributed by atoms with Crippen molar-refractivity contribution in [2.24, 2.45) is 0 Å². The summed E-state index contributed by atoms with van der Waals surface area (Å²) in [6.45, 7) is 8.92. The molecule has 1 aromatic rings. The lowest BCUT2D eigenvalue weighted by molar-refractivity contribution is 0.00578. The number of nitrogens with zero attached hydrogens (tertiary/aromatic N) is 1. The molecule has 1 amide bonds. The molecule has 0 aliphatic carbocycles. The smallest absolute Gasteiger partial charge is 0.399 e. The first-order valence-electron chi connectivity index (χ1n) is 7.35. The van der Waals surface area contributed by atoms with Gasteiger partial charge in [0, 0.05) is 25.3 Å². The van der Waals surface area contributed by atoms with Crippen molar-refractivity contribution in [3.8, 4) is 0 Å². The maximum absolute atomic E-state index is 11.9. The zero-order valence-corrected chi connectivity index (χ0v) is 13.8. The van der Waals surface area contributed by atoms with Crippen LogP contribution < -0.4 is 10.8 Å². The van der Waals surface area contributed by atoms with E-state index in [2.05, 4.69) is 10.3 Å². The second-order valence-electron chi connectivity index (χ2n) is 6.31. The van der Waals surface area contributed by atoms with Crippen LogP contribution in [0.15, 0.2) is 18.3 Å². The summed E-state index contributed by atoms with van der Waals surface area (Å²) in [5.74, 6) is -0.225. The van der Waals surface area contributed by atoms with Crippen molar-refractivity contribution in [3.05, 3.63) is 24.0 Å². The van der Waals surface area contributed by atoms with Gasteiger partial charge in [-0.2, -0.15) is 0 Å². The van der Waals surface area contributed by atoms with Crippen molar-refractivity contribution < 1.29 is 18.8 Å². The van der Waals surface area contributed by atoms with E-state index >= 15 is 0 Å². The van der Waals surface area contributed by atoms with Crippen LogP contribution in [-0.4, -0.2) is 49.5 Å². The normalized spacial score (nSPS) is 19.2. The zero-order valence-electron chi connectivity index (χ0n) is 13.8. The molecule has 0 radical (unpaired) electrons. The summed E-state index contributed by atoms with van der Waals surface area (Å²) < 4.78 is 16.8. The fourth-order valence-corrected chi connectivity index (χ4v) is 2.02. The molecule has 1 aromatic heterocycles. The number of ether oxygens (including phenoxy) is 1. The van der Waals surface area contributed by atoms with Gasteiger partial charge in [-0.05, 0) is 33.8 Å². The third-order valence-electron chi connectivity index (χ3n) is 4.14. The van der Waals surface area contributed by atoms with Gasteiger partial charge in [0.1, 0.15) is 5.69 Å². The molecule has 22 heavy (non-hydrogen) atoms. The summed E-state index contributed by atoms with van der Waals surface area (Å²) in [7, 11) is 1.12. The van der Waals surface area contributed by atoms with Gasteiger partial charge in [-0.1, -0.05) is 6.07 Å². The van der Waals surface area contributed by atoms with Crippen LogP contribution >= 0.6 is 0 Å². The summed E-state index contributed by atoms with van der Waals surface area (Å²) in [6, 6.07) is 3.48. The van der Waals surface area contributed by atoms with Crippen LogP contribution in [-0.2, 0) is 14.0 Å². The topological polar surface area (TPSA) is 69.7 Å². The van der Waals surface area contributed by atoms with Crippen molar-refractivity contribution in [2.75, 3.05) is 20.3 Å². The first kappa shape index (κ1) is 16.9. The second-order valence-corrected chi connectivity index (χ2v) is 6.31. The molecule has 120 valence electrons. The highest BCUT2D eigenvalue weighted by molar-refractivity contribution is 6.62. The van der Waals surface area contributed by atoms with E-state index in [1.807, 2.05) is 27.7 Å². The Morgan fingerprint density at radius 1 is 1.27 bits per heavy atom. The lowest BCUT2D eigenvalue weighted by atomic mass is 9.80. The van der Waals surface area contributed by atoms with Gasteiger partial charge >= 0.3 is 7.12 Å². The highest BCUT2D eigenvalue weighted by atomic mass is 16.7. The van der Waals surface area contributed by atoms with E-state index in [0.29, 0.717) is 18.8 Å². The number of hydrogen-bond acceptors (Lipinski definition) is 5. The maximum atomic E-state index is 11.9. The number of amides is 1. The Bertz CT molecular complexity index is 515. The molecule has 1 N–H and O–H groups in total. The molecule has 1 saturated heterocycles. The number of nitrogens with one attached hydrogen (secondary N) is 1. The van der Waals surface area contributed by atoms with Crippen molar-refractivity contribution in [2.45, 2.75) is 38.9 Å². The van der Waals surface area contributed by atoms with Crippen LogP contribution in [0.1, 0.15) is 38.2 Å². The molecule has 7 heteroatoms. The predicted molar refractivity (Wildman–Crippen MR) is 84.2 cm³/mol. The van der Waals surface area contributed by atoms with Crippen LogP contribution in [0.5, 0.6) is 0 Å². The highest BCUT2D eigenvalue weighted by Crippen LogP contribution is 2.36. The Morgan fingerprint density at radius 3 is 2.41 bits per heavy atom. The second kappa shape index (κ2) is 6.36. The highest BCUT2D eigenvalue weighted by Gasteiger charge is 2.51. The summed E-state index contributed by atoms with van der Waals surface area (Å²) >= 11 is 0. The number of carbonyl (C=O) groups is 1. The van der Waals surface area contributed by atoms with Gasteiger partial charge in [0.25, 0.3) is 5.91 Å². The molecule has 1 aliphatic rings. The van der Waals surface area contributed by atoms with Crippen molar-refractivity contribution in [1.29, 1.82) is 0 Å². The minimum absolute atomic E-state index is 0.225. The molecule has 1 fully saturated rings. The number of pyridine rings is 1. The van der Waals surface area contributed by atoms with Gasteiger partial charge in [0.05, 0.1) is 17.8 Å². The predicted octanol–water partition coefficient (Wildman–Crippen LogP) is 0.757. The molecule has 0 aromatic carbocycles. The molecule has 1 aliphatic heterocycles. The molecule has 0 bridgehead atoms. The minimum atomic E-state index is -0.469. The van der Waals surface area contributed by atoms with Crippen LogP contribution in [0.2, 0.25) is 0 Å².